The number of nitrogens with one attached hydrogen (secondary N) is 1. The number of sulfone groups is 1. The van der Waals surface area contributed by atoms with Gasteiger partial charge in [-0.2, -0.15) is 0 Å². The Bertz CT molecular complexity index is 343. The first-order valence-electron chi connectivity index (χ1n) is 7.04. The summed E-state index contributed by atoms with van der Waals surface area (Å²) in [5.41, 5.74) is 0.240. The summed E-state index contributed by atoms with van der Waals surface area (Å²) in [4.78, 5) is 2.32. The van der Waals surface area contributed by atoms with Crippen molar-refractivity contribution >= 4 is 9.84 Å². The van der Waals surface area contributed by atoms with Gasteiger partial charge in [-0.15, -0.1) is 0 Å². The third kappa shape index (κ3) is 5.24. The van der Waals surface area contributed by atoms with Crippen molar-refractivity contribution in [3.63, 3.8) is 0 Å². The van der Waals surface area contributed by atoms with Crippen LogP contribution < -0.4 is 5.32 Å². The van der Waals surface area contributed by atoms with Gasteiger partial charge in [0.1, 0.15) is 0 Å². The van der Waals surface area contributed by atoms with Gasteiger partial charge >= 0.3 is 0 Å². The molecule has 0 aromatic rings. The number of hydrogen-bond donors (Lipinski definition) is 1. The molecule has 4 nitrogen and oxygen atoms in total. The van der Waals surface area contributed by atoms with Gasteiger partial charge in [-0.3, -0.25) is 0 Å². The average molecular weight is 276 g/mol. The SMILES string of the molecule is CCNCC(C)(CC)CN1CCCS(=O)(=O)CC1. The maximum Gasteiger partial charge on any atom is 0.151 e. The highest BCUT2D eigenvalue weighted by molar-refractivity contribution is 7.91. The van der Waals surface area contributed by atoms with Gasteiger partial charge < -0.3 is 10.2 Å². The summed E-state index contributed by atoms with van der Waals surface area (Å²) in [7, 11) is -2.79. The van der Waals surface area contributed by atoms with E-state index in [2.05, 4.69) is 31.0 Å². The summed E-state index contributed by atoms with van der Waals surface area (Å²) >= 11 is 0. The summed E-state index contributed by atoms with van der Waals surface area (Å²) in [6.45, 7) is 11.2. The lowest BCUT2D eigenvalue weighted by atomic mass is 9.86. The third-order valence-electron chi connectivity index (χ3n) is 3.91. The summed E-state index contributed by atoms with van der Waals surface area (Å²) < 4.78 is 23.2. The van der Waals surface area contributed by atoms with Crippen molar-refractivity contribution in [1.82, 2.24) is 10.2 Å². The minimum Gasteiger partial charge on any atom is -0.316 e. The first-order valence-corrected chi connectivity index (χ1v) is 8.86. The standard InChI is InChI=1S/C13H28N2O2S/c1-4-13(3,11-14-5-2)12-15-7-6-9-18(16,17)10-8-15/h14H,4-12H2,1-3H3. The molecule has 1 aliphatic rings. The van der Waals surface area contributed by atoms with Crippen molar-refractivity contribution in [2.45, 2.75) is 33.6 Å². The molecular weight excluding hydrogens is 248 g/mol. The van der Waals surface area contributed by atoms with E-state index in [9.17, 15) is 8.42 Å². The van der Waals surface area contributed by atoms with Crippen LogP contribution in [0.15, 0.2) is 0 Å². The molecule has 1 rings (SSSR count). The number of hydrogen-bond acceptors (Lipinski definition) is 4. The van der Waals surface area contributed by atoms with Crippen molar-refractivity contribution in [2.24, 2.45) is 5.41 Å². The molecule has 5 heteroatoms. The van der Waals surface area contributed by atoms with Gasteiger partial charge in [0.25, 0.3) is 0 Å². The highest BCUT2D eigenvalue weighted by atomic mass is 32.2. The molecule has 0 aromatic carbocycles. The minimum atomic E-state index is -2.79. The smallest absolute Gasteiger partial charge is 0.151 e. The highest BCUT2D eigenvalue weighted by Gasteiger charge is 2.27. The molecule has 1 aliphatic heterocycles. The molecule has 0 aromatic heterocycles. The minimum absolute atomic E-state index is 0.240. The van der Waals surface area contributed by atoms with E-state index in [0.717, 1.165) is 39.0 Å². The van der Waals surface area contributed by atoms with Gasteiger partial charge in [0.15, 0.2) is 9.84 Å². The van der Waals surface area contributed by atoms with E-state index in [0.29, 0.717) is 18.1 Å². The maximum atomic E-state index is 11.6. The predicted molar refractivity (Wildman–Crippen MR) is 76.7 cm³/mol. The summed E-state index contributed by atoms with van der Waals surface area (Å²) in [5.74, 6) is 0.688. The van der Waals surface area contributed by atoms with Gasteiger partial charge in [0.05, 0.1) is 11.5 Å². The zero-order valence-corrected chi connectivity index (χ0v) is 12.9. The van der Waals surface area contributed by atoms with Crippen molar-refractivity contribution in [3.8, 4) is 0 Å². The van der Waals surface area contributed by atoms with E-state index in [-0.39, 0.29) is 5.41 Å². The molecule has 18 heavy (non-hydrogen) atoms. The van der Waals surface area contributed by atoms with E-state index in [1.165, 1.54) is 0 Å². The van der Waals surface area contributed by atoms with Gasteiger partial charge in [-0.1, -0.05) is 20.8 Å². The largest absolute Gasteiger partial charge is 0.316 e. The van der Waals surface area contributed by atoms with E-state index < -0.39 is 9.84 Å². The van der Waals surface area contributed by atoms with Crippen molar-refractivity contribution in [3.05, 3.63) is 0 Å². The van der Waals surface area contributed by atoms with Crippen LogP contribution in [0.2, 0.25) is 0 Å². The molecule has 0 amide bonds. The molecule has 1 N–H and O–H groups in total. The Balaban J connectivity index is 2.54. The van der Waals surface area contributed by atoms with E-state index in [4.69, 9.17) is 0 Å². The molecule has 108 valence electrons. The Kier molecular flexibility index (Phi) is 6.08. The fourth-order valence-electron chi connectivity index (χ4n) is 2.41. The molecule has 1 heterocycles. The molecule has 1 saturated heterocycles. The van der Waals surface area contributed by atoms with Crippen LogP contribution in [-0.2, 0) is 9.84 Å². The van der Waals surface area contributed by atoms with Gasteiger partial charge in [0, 0.05) is 19.6 Å². The van der Waals surface area contributed by atoms with Crippen LogP contribution in [0.1, 0.15) is 33.6 Å². The predicted octanol–water partition coefficient (Wildman–Crippen LogP) is 1.13. The molecule has 0 bridgehead atoms. The van der Waals surface area contributed by atoms with Crippen molar-refractivity contribution < 1.29 is 8.42 Å². The normalized spacial score (nSPS) is 24.4. The van der Waals surface area contributed by atoms with E-state index in [1.54, 1.807) is 0 Å². The molecule has 0 saturated carbocycles. The average Bonchev–Trinajstić information content (AvgIpc) is 2.48. The van der Waals surface area contributed by atoms with Crippen LogP contribution in [0, 0.1) is 5.41 Å². The Hall–Kier alpha value is -0.130. The zero-order valence-electron chi connectivity index (χ0n) is 12.0. The third-order valence-corrected chi connectivity index (χ3v) is 5.62. The fraction of sp³-hybridized carbons (Fsp3) is 1.00. The van der Waals surface area contributed by atoms with Crippen LogP contribution in [0.3, 0.4) is 0 Å². The zero-order chi connectivity index (χ0) is 13.6. The molecular formula is C13H28N2O2S. The molecule has 0 aliphatic carbocycles. The maximum absolute atomic E-state index is 11.6. The summed E-state index contributed by atoms with van der Waals surface area (Å²) in [6.07, 6.45) is 1.90. The van der Waals surface area contributed by atoms with Crippen LogP contribution in [0.5, 0.6) is 0 Å². The second-order valence-electron chi connectivity index (χ2n) is 5.73. The first-order chi connectivity index (χ1) is 8.41. The quantitative estimate of drug-likeness (QED) is 0.790. The highest BCUT2D eigenvalue weighted by Crippen LogP contribution is 2.22. The Morgan fingerprint density at radius 3 is 2.56 bits per heavy atom. The first kappa shape index (κ1) is 15.9. The lowest BCUT2D eigenvalue weighted by Gasteiger charge is -2.34. The molecule has 1 atom stereocenters. The lowest BCUT2D eigenvalue weighted by Crippen LogP contribution is -2.43. The van der Waals surface area contributed by atoms with Gasteiger partial charge in [0.2, 0.25) is 0 Å². The van der Waals surface area contributed by atoms with E-state index in [1.807, 2.05) is 0 Å². The van der Waals surface area contributed by atoms with Crippen LogP contribution in [0.25, 0.3) is 0 Å². The van der Waals surface area contributed by atoms with Crippen molar-refractivity contribution in [1.29, 1.82) is 0 Å². The molecule has 1 unspecified atom stereocenters. The summed E-state index contributed by atoms with van der Waals surface area (Å²) in [5, 5.41) is 3.42. The monoisotopic (exact) mass is 276 g/mol. The van der Waals surface area contributed by atoms with Crippen LogP contribution in [0.4, 0.5) is 0 Å². The van der Waals surface area contributed by atoms with Crippen LogP contribution in [-0.4, -0.2) is 57.5 Å². The lowest BCUT2D eigenvalue weighted by molar-refractivity contribution is 0.164. The van der Waals surface area contributed by atoms with Gasteiger partial charge in [-0.05, 0) is 31.3 Å². The number of rotatable bonds is 6. The second-order valence-corrected chi connectivity index (χ2v) is 8.03. The topological polar surface area (TPSA) is 49.4 Å². The molecule has 0 radical (unpaired) electrons. The Morgan fingerprint density at radius 2 is 1.94 bits per heavy atom. The second kappa shape index (κ2) is 6.87. The number of nitrogens with zero attached hydrogens (tertiary/aromatic N) is 1. The fourth-order valence-corrected chi connectivity index (χ4v) is 3.72. The van der Waals surface area contributed by atoms with E-state index >= 15 is 0 Å². The molecule has 0 spiro atoms. The Labute approximate surface area is 112 Å². The Morgan fingerprint density at radius 1 is 1.22 bits per heavy atom. The summed E-state index contributed by atoms with van der Waals surface area (Å²) in [6, 6.07) is 0. The van der Waals surface area contributed by atoms with Gasteiger partial charge in [-0.25, -0.2) is 8.42 Å². The van der Waals surface area contributed by atoms with Crippen LogP contribution >= 0.6 is 0 Å². The molecule has 1 fully saturated rings. The van der Waals surface area contributed by atoms with Crippen molar-refractivity contribution in [2.75, 3.05) is 44.2 Å².